The van der Waals surface area contributed by atoms with Crippen LogP contribution in [-0.4, -0.2) is 17.0 Å². The molecule has 0 unspecified atom stereocenters. The second kappa shape index (κ2) is 5.69. The second-order valence-corrected chi connectivity index (χ2v) is 6.59. The summed E-state index contributed by atoms with van der Waals surface area (Å²) in [6.45, 7) is 2.10. The molecule has 0 atom stereocenters. The van der Waals surface area contributed by atoms with Gasteiger partial charge in [-0.2, -0.15) is 0 Å². The van der Waals surface area contributed by atoms with E-state index < -0.39 is 0 Å². The molecule has 0 bridgehead atoms. The first-order valence-electron chi connectivity index (χ1n) is 6.56. The lowest BCUT2D eigenvalue weighted by atomic mass is 10.2. The number of benzene rings is 1. The summed E-state index contributed by atoms with van der Waals surface area (Å²) in [5.74, 6) is 0.799. The van der Waals surface area contributed by atoms with Crippen LogP contribution in [-0.2, 0) is 6.42 Å². The summed E-state index contributed by atoms with van der Waals surface area (Å²) in [6, 6.07) is 6.99. The zero-order chi connectivity index (χ0) is 15.0. The molecular formula is C15H13BrFN3S. The van der Waals surface area contributed by atoms with Crippen molar-refractivity contribution in [2.45, 2.75) is 13.3 Å². The molecule has 0 spiro atoms. The molecule has 3 nitrogen and oxygen atoms in total. The number of thiophene rings is 1. The normalized spacial score (nSPS) is 11.0. The molecule has 0 aliphatic carbocycles. The number of halogens is 2. The predicted molar refractivity (Wildman–Crippen MR) is 89.4 cm³/mol. The quantitative estimate of drug-likeness (QED) is 0.719. The number of nitrogens with zero attached hydrogens (tertiary/aromatic N) is 2. The third-order valence-electron chi connectivity index (χ3n) is 3.20. The SMILES string of the molecule is CCc1cc2c(NC)nc(-c3ccc(Br)cc3F)nc2s1. The maximum absolute atomic E-state index is 14.1. The zero-order valence-corrected chi connectivity index (χ0v) is 14.0. The van der Waals surface area contributed by atoms with E-state index in [0.717, 1.165) is 22.5 Å². The third kappa shape index (κ3) is 2.65. The first-order chi connectivity index (χ1) is 10.1. The Morgan fingerprint density at radius 2 is 2.10 bits per heavy atom. The van der Waals surface area contributed by atoms with Crippen molar-refractivity contribution < 1.29 is 4.39 Å². The molecule has 0 saturated heterocycles. The molecule has 1 N–H and O–H groups in total. The van der Waals surface area contributed by atoms with Crippen LogP contribution in [0, 0.1) is 5.82 Å². The fourth-order valence-electron chi connectivity index (χ4n) is 2.13. The first kappa shape index (κ1) is 14.4. The van der Waals surface area contributed by atoms with Crippen molar-refractivity contribution in [3.8, 4) is 11.4 Å². The number of nitrogens with one attached hydrogen (secondary N) is 1. The van der Waals surface area contributed by atoms with Gasteiger partial charge in [0.1, 0.15) is 16.5 Å². The Labute approximate surface area is 134 Å². The van der Waals surface area contributed by atoms with E-state index in [0.29, 0.717) is 15.9 Å². The summed E-state index contributed by atoms with van der Waals surface area (Å²) in [5.41, 5.74) is 0.406. The van der Waals surface area contributed by atoms with Crippen LogP contribution in [0.1, 0.15) is 11.8 Å². The van der Waals surface area contributed by atoms with E-state index in [9.17, 15) is 4.39 Å². The Balaban J connectivity index is 2.23. The maximum Gasteiger partial charge on any atom is 0.166 e. The highest BCUT2D eigenvalue weighted by Gasteiger charge is 2.14. The molecule has 0 aliphatic heterocycles. The molecule has 0 aliphatic rings. The van der Waals surface area contributed by atoms with Crippen LogP contribution >= 0.6 is 27.3 Å². The van der Waals surface area contributed by atoms with Crippen molar-refractivity contribution >= 4 is 43.3 Å². The second-order valence-electron chi connectivity index (χ2n) is 4.56. The molecule has 21 heavy (non-hydrogen) atoms. The number of anilines is 1. The van der Waals surface area contributed by atoms with Crippen molar-refractivity contribution in [1.82, 2.24) is 9.97 Å². The fourth-order valence-corrected chi connectivity index (χ4v) is 3.43. The van der Waals surface area contributed by atoms with Crippen LogP contribution in [0.5, 0.6) is 0 Å². The van der Waals surface area contributed by atoms with Gasteiger partial charge in [-0.15, -0.1) is 11.3 Å². The number of aromatic nitrogens is 2. The van der Waals surface area contributed by atoms with Crippen molar-refractivity contribution in [2.24, 2.45) is 0 Å². The lowest BCUT2D eigenvalue weighted by Crippen LogP contribution is -1.98. The number of hydrogen-bond acceptors (Lipinski definition) is 4. The average Bonchev–Trinajstić information content (AvgIpc) is 2.89. The Morgan fingerprint density at radius 1 is 1.29 bits per heavy atom. The topological polar surface area (TPSA) is 37.8 Å². The minimum absolute atomic E-state index is 0.335. The Kier molecular flexibility index (Phi) is 3.91. The Bertz CT molecular complexity index is 816. The van der Waals surface area contributed by atoms with Crippen LogP contribution in [0.2, 0.25) is 0 Å². The highest BCUT2D eigenvalue weighted by atomic mass is 79.9. The smallest absolute Gasteiger partial charge is 0.166 e. The largest absolute Gasteiger partial charge is 0.372 e. The molecule has 108 valence electrons. The van der Waals surface area contributed by atoms with Gasteiger partial charge in [0.05, 0.1) is 10.9 Å². The maximum atomic E-state index is 14.1. The van der Waals surface area contributed by atoms with Crippen molar-refractivity contribution in [2.75, 3.05) is 12.4 Å². The minimum Gasteiger partial charge on any atom is -0.372 e. The molecule has 1 aromatic carbocycles. The van der Waals surface area contributed by atoms with Gasteiger partial charge in [-0.25, -0.2) is 14.4 Å². The molecule has 0 saturated carbocycles. The Hall–Kier alpha value is -1.53. The predicted octanol–water partition coefficient (Wildman–Crippen LogP) is 4.86. The van der Waals surface area contributed by atoms with Gasteiger partial charge in [0.25, 0.3) is 0 Å². The summed E-state index contributed by atoms with van der Waals surface area (Å²) in [5, 5.41) is 4.06. The number of rotatable bonds is 3. The van der Waals surface area contributed by atoms with Crippen molar-refractivity contribution in [3.05, 3.63) is 39.4 Å². The molecule has 0 amide bonds. The van der Waals surface area contributed by atoms with Gasteiger partial charge in [-0.3, -0.25) is 0 Å². The summed E-state index contributed by atoms with van der Waals surface area (Å²) in [6.07, 6.45) is 0.951. The van der Waals surface area contributed by atoms with E-state index in [1.54, 1.807) is 23.5 Å². The lowest BCUT2D eigenvalue weighted by Gasteiger charge is -2.06. The van der Waals surface area contributed by atoms with E-state index in [-0.39, 0.29) is 5.82 Å². The van der Waals surface area contributed by atoms with Gasteiger partial charge in [0, 0.05) is 16.4 Å². The van der Waals surface area contributed by atoms with E-state index in [1.165, 1.54) is 10.9 Å². The fraction of sp³-hybridized carbons (Fsp3) is 0.200. The number of hydrogen-bond donors (Lipinski definition) is 1. The standard InChI is InChI=1S/C15H13BrFN3S/c1-3-9-7-11-13(18-2)19-14(20-15(11)21-9)10-5-4-8(16)6-12(10)17/h4-7H,3H2,1-2H3,(H,18,19,20). The molecule has 2 aromatic heterocycles. The first-order valence-corrected chi connectivity index (χ1v) is 8.17. The minimum atomic E-state index is -0.335. The van der Waals surface area contributed by atoms with Gasteiger partial charge in [-0.1, -0.05) is 22.9 Å². The Morgan fingerprint density at radius 3 is 2.76 bits per heavy atom. The van der Waals surface area contributed by atoms with E-state index >= 15 is 0 Å². The molecule has 6 heteroatoms. The summed E-state index contributed by atoms with van der Waals surface area (Å²) in [7, 11) is 1.81. The molecule has 3 rings (SSSR count). The number of aryl methyl sites for hydroxylation is 1. The van der Waals surface area contributed by atoms with Gasteiger partial charge in [0.2, 0.25) is 0 Å². The van der Waals surface area contributed by atoms with Crippen LogP contribution < -0.4 is 5.32 Å². The van der Waals surface area contributed by atoms with Crippen LogP contribution in [0.4, 0.5) is 10.2 Å². The van der Waals surface area contributed by atoms with Crippen molar-refractivity contribution in [3.63, 3.8) is 0 Å². The highest BCUT2D eigenvalue weighted by Crippen LogP contribution is 2.32. The lowest BCUT2D eigenvalue weighted by molar-refractivity contribution is 0.629. The summed E-state index contributed by atoms with van der Waals surface area (Å²) >= 11 is 4.88. The third-order valence-corrected chi connectivity index (χ3v) is 4.87. The zero-order valence-electron chi connectivity index (χ0n) is 11.6. The summed E-state index contributed by atoms with van der Waals surface area (Å²) < 4.78 is 14.8. The van der Waals surface area contributed by atoms with E-state index in [2.05, 4.69) is 44.2 Å². The van der Waals surface area contributed by atoms with Gasteiger partial charge < -0.3 is 5.32 Å². The van der Waals surface area contributed by atoms with Crippen LogP contribution in [0.15, 0.2) is 28.7 Å². The van der Waals surface area contributed by atoms with Gasteiger partial charge in [-0.05, 0) is 30.7 Å². The highest BCUT2D eigenvalue weighted by molar-refractivity contribution is 9.10. The molecule has 0 fully saturated rings. The van der Waals surface area contributed by atoms with Crippen LogP contribution in [0.3, 0.4) is 0 Å². The molecule has 2 heterocycles. The van der Waals surface area contributed by atoms with Crippen molar-refractivity contribution in [1.29, 1.82) is 0 Å². The van der Waals surface area contributed by atoms with E-state index in [4.69, 9.17) is 0 Å². The molecular weight excluding hydrogens is 353 g/mol. The van der Waals surface area contributed by atoms with Crippen LogP contribution in [0.25, 0.3) is 21.6 Å². The molecule has 0 radical (unpaired) electrons. The van der Waals surface area contributed by atoms with Gasteiger partial charge in [0.15, 0.2) is 5.82 Å². The summed E-state index contributed by atoms with van der Waals surface area (Å²) in [4.78, 5) is 11.1. The van der Waals surface area contributed by atoms with Gasteiger partial charge >= 0.3 is 0 Å². The molecule has 3 aromatic rings. The van der Waals surface area contributed by atoms with E-state index in [1.807, 2.05) is 7.05 Å². The number of fused-ring (bicyclic) bond motifs is 1. The average molecular weight is 366 g/mol. The monoisotopic (exact) mass is 365 g/mol.